The van der Waals surface area contributed by atoms with E-state index in [0.29, 0.717) is 6.61 Å². The lowest BCUT2D eigenvalue weighted by atomic mass is 10.1. The Labute approximate surface area is 136 Å². The molecule has 0 fully saturated rings. The average Bonchev–Trinajstić information content (AvgIpc) is 2.93. The van der Waals surface area contributed by atoms with Crippen LogP contribution in [-0.2, 0) is 18.9 Å². The summed E-state index contributed by atoms with van der Waals surface area (Å²) in [5.74, 6) is 0.955. The molecule has 1 aliphatic rings. The van der Waals surface area contributed by atoms with Gasteiger partial charge in [-0.3, -0.25) is 0 Å². The minimum Gasteiger partial charge on any atom is -0.493 e. The maximum Gasteiger partial charge on any atom is 0.165 e. The Balaban J connectivity index is 1.79. The van der Waals surface area contributed by atoms with Crippen molar-refractivity contribution in [3.05, 3.63) is 57.3 Å². The first-order valence-corrected chi connectivity index (χ1v) is 7.91. The zero-order valence-electron chi connectivity index (χ0n) is 11.2. The van der Waals surface area contributed by atoms with Gasteiger partial charge in [-0.2, -0.15) is 0 Å². The molecule has 110 valence electrons. The molecule has 3 rings (SSSR count). The molecule has 0 aliphatic carbocycles. The Hall–Kier alpha value is -1.26. The highest BCUT2D eigenvalue weighted by Gasteiger charge is 2.18. The van der Waals surface area contributed by atoms with Crippen molar-refractivity contribution in [1.29, 1.82) is 0 Å². The van der Waals surface area contributed by atoms with E-state index in [1.807, 2.05) is 12.1 Å². The fourth-order valence-corrected chi connectivity index (χ4v) is 3.07. The molecule has 1 aliphatic heterocycles. The molecule has 0 aromatic heterocycles. The number of hydrogen-bond donors (Lipinski definition) is 0. The van der Waals surface area contributed by atoms with Crippen molar-refractivity contribution < 1.29 is 13.9 Å². The van der Waals surface area contributed by atoms with Gasteiger partial charge in [0, 0.05) is 22.3 Å². The van der Waals surface area contributed by atoms with Gasteiger partial charge in [0.05, 0.1) is 6.61 Å². The Morgan fingerprint density at radius 1 is 1.29 bits per heavy atom. The van der Waals surface area contributed by atoms with E-state index in [1.54, 1.807) is 12.1 Å². The quantitative estimate of drug-likeness (QED) is 0.716. The summed E-state index contributed by atoms with van der Waals surface area (Å²) in [6.07, 6.45) is 0.889. The number of halogens is 3. The summed E-state index contributed by atoms with van der Waals surface area (Å²) in [5.41, 5.74) is 2.80. The van der Waals surface area contributed by atoms with Gasteiger partial charge in [-0.15, -0.1) is 11.6 Å². The summed E-state index contributed by atoms with van der Waals surface area (Å²) in [7, 11) is 0. The Kier molecular flexibility index (Phi) is 4.36. The molecule has 1 heterocycles. The Morgan fingerprint density at radius 3 is 2.90 bits per heavy atom. The lowest BCUT2D eigenvalue weighted by Gasteiger charge is -2.12. The van der Waals surface area contributed by atoms with Gasteiger partial charge in [-0.25, -0.2) is 4.39 Å². The van der Waals surface area contributed by atoms with E-state index in [9.17, 15) is 4.39 Å². The smallest absolute Gasteiger partial charge is 0.165 e. The zero-order valence-corrected chi connectivity index (χ0v) is 13.5. The van der Waals surface area contributed by atoms with Gasteiger partial charge in [0.1, 0.15) is 12.4 Å². The summed E-state index contributed by atoms with van der Waals surface area (Å²) < 4.78 is 26.1. The standard InChI is InChI=1S/C16H13BrClFO2/c17-13-6-11-3-4-20-16(11)12(7-13)9-21-15-2-1-10(8-18)5-14(15)19/h1-2,5-7H,3-4,8-9H2. The van der Waals surface area contributed by atoms with Crippen molar-refractivity contribution >= 4 is 27.5 Å². The first kappa shape index (κ1) is 14.7. The minimum absolute atomic E-state index is 0.218. The number of fused-ring (bicyclic) bond motifs is 1. The van der Waals surface area contributed by atoms with Gasteiger partial charge in [-0.1, -0.05) is 22.0 Å². The fourth-order valence-electron chi connectivity index (χ4n) is 2.35. The van der Waals surface area contributed by atoms with Crippen LogP contribution in [0.15, 0.2) is 34.8 Å². The van der Waals surface area contributed by atoms with Crippen LogP contribution in [0.5, 0.6) is 11.5 Å². The van der Waals surface area contributed by atoms with E-state index in [0.717, 1.165) is 33.3 Å². The highest BCUT2D eigenvalue weighted by molar-refractivity contribution is 9.10. The molecule has 2 aromatic carbocycles. The van der Waals surface area contributed by atoms with Crippen LogP contribution in [0, 0.1) is 5.82 Å². The van der Waals surface area contributed by atoms with Crippen LogP contribution in [0.2, 0.25) is 0 Å². The molecule has 21 heavy (non-hydrogen) atoms. The Morgan fingerprint density at radius 2 is 2.14 bits per heavy atom. The molecule has 0 radical (unpaired) electrons. The Bertz CT molecular complexity index is 676. The van der Waals surface area contributed by atoms with Gasteiger partial charge in [0.2, 0.25) is 0 Å². The first-order chi connectivity index (χ1) is 10.2. The third kappa shape index (κ3) is 3.16. The van der Waals surface area contributed by atoms with Crippen LogP contribution in [0.3, 0.4) is 0 Å². The van der Waals surface area contributed by atoms with Crippen molar-refractivity contribution in [2.45, 2.75) is 18.9 Å². The van der Waals surface area contributed by atoms with Gasteiger partial charge in [0.15, 0.2) is 11.6 Å². The third-order valence-electron chi connectivity index (χ3n) is 3.36. The normalized spacial score (nSPS) is 12.9. The van der Waals surface area contributed by atoms with Crippen LogP contribution in [0.1, 0.15) is 16.7 Å². The van der Waals surface area contributed by atoms with E-state index in [-0.39, 0.29) is 18.2 Å². The number of hydrogen-bond acceptors (Lipinski definition) is 2. The van der Waals surface area contributed by atoms with Gasteiger partial charge >= 0.3 is 0 Å². The number of benzene rings is 2. The largest absolute Gasteiger partial charge is 0.493 e. The molecule has 0 amide bonds. The minimum atomic E-state index is -0.402. The summed E-state index contributed by atoms with van der Waals surface area (Å²) >= 11 is 9.15. The van der Waals surface area contributed by atoms with Gasteiger partial charge < -0.3 is 9.47 Å². The first-order valence-electron chi connectivity index (χ1n) is 6.58. The van der Waals surface area contributed by atoms with Crippen molar-refractivity contribution in [3.63, 3.8) is 0 Å². The summed E-state index contributed by atoms with van der Waals surface area (Å²) in [4.78, 5) is 0. The maximum absolute atomic E-state index is 13.9. The molecule has 0 bridgehead atoms. The molecule has 5 heteroatoms. The molecular weight excluding hydrogens is 359 g/mol. The highest BCUT2D eigenvalue weighted by Crippen LogP contribution is 2.34. The van der Waals surface area contributed by atoms with E-state index in [4.69, 9.17) is 21.1 Å². The van der Waals surface area contributed by atoms with E-state index >= 15 is 0 Å². The molecule has 0 unspecified atom stereocenters. The molecule has 0 saturated carbocycles. The lowest BCUT2D eigenvalue weighted by molar-refractivity contribution is 0.279. The van der Waals surface area contributed by atoms with E-state index in [2.05, 4.69) is 15.9 Å². The van der Waals surface area contributed by atoms with Crippen molar-refractivity contribution in [2.24, 2.45) is 0 Å². The van der Waals surface area contributed by atoms with Gasteiger partial charge in [0.25, 0.3) is 0 Å². The molecule has 0 N–H and O–H groups in total. The predicted octanol–water partition coefficient (Wildman–Crippen LogP) is 4.84. The summed E-state index contributed by atoms with van der Waals surface area (Å²) in [6, 6.07) is 8.74. The predicted molar refractivity (Wildman–Crippen MR) is 83.6 cm³/mol. The number of rotatable bonds is 4. The second-order valence-electron chi connectivity index (χ2n) is 4.84. The molecule has 2 nitrogen and oxygen atoms in total. The van der Waals surface area contributed by atoms with Crippen LogP contribution < -0.4 is 9.47 Å². The summed E-state index contributed by atoms with van der Waals surface area (Å²) in [5, 5.41) is 0. The average molecular weight is 372 g/mol. The molecular formula is C16H13BrClFO2. The monoisotopic (exact) mass is 370 g/mol. The second-order valence-corrected chi connectivity index (χ2v) is 6.02. The SMILES string of the molecule is Fc1cc(CCl)ccc1OCc1cc(Br)cc2c1OCC2. The van der Waals surface area contributed by atoms with Crippen molar-refractivity contribution in [3.8, 4) is 11.5 Å². The van der Waals surface area contributed by atoms with Crippen LogP contribution in [0.25, 0.3) is 0 Å². The maximum atomic E-state index is 13.9. The second kappa shape index (κ2) is 6.24. The summed E-state index contributed by atoms with van der Waals surface area (Å²) in [6.45, 7) is 0.941. The van der Waals surface area contributed by atoms with E-state index < -0.39 is 5.82 Å². The number of ether oxygens (including phenoxy) is 2. The topological polar surface area (TPSA) is 18.5 Å². The zero-order chi connectivity index (χ0) is 14.8. The van der Waals surface area contributed by atoms with Gasteiger partial charge in [-0.05, 0) is 35.4 Å². The molecule has 0 spiro atoms. The fraction of sp³-hybridized carbons (Fsp3) is 0.250. The molecule has 0 saturated heterocycles. The molecule has 2 aromatic rings. The van der Waals surface area contributed by atoms with Crippen molar-refractivity contribution in [1.82, 2.24) is 0 Å². The number of alkyl halides is 1. The highest BCUT2D eigenvalue weighted by atomic mass is 79.9. The van der Waals surface area contributed by atoms with Crippen LogP contribution in [0.4, 0.5) is 4.39 Å². The van der Waals surface area contributed by atoms with E-state index in [1.165, 1.54) is 6.07 Å². The lowest BCUT2D eigenvalue weighted by Crippen LogP contribution is -2.00. The van der Waals surface area contributed by atoms with Crippen molar-refractivity contribution in [2.75, 3.05) is 6.61 Å². The third-order valence-corrected chi connectivity index (χ3v) is 4.13. The molecule has 0 atom stereocenters. The van der Waals surface area contributed by atoms with Crippen LogP contribution in [-0.4, -0.2) is 6.61 Å². The van der Waals surface area contributed by atoms with Crippen LogP contribution >= 0.6 is 27.5 Å².